The number of rotatable bonds is 4. The van der Waals surface area contributed by atoms with E-state index in [2.05, 4.69) is 6.26 Å². The third-order valence-electron chi connectivity index (χ3n) is 3.00. The van der Waals surface area contributed by atoms with Crippen LogP contribution in [0.1, 0.15) is 24.5 Å². The fourth-order valence-corrected chi connectivity index (χ4v) is 2.55. The third-order valence-corrected chi connectivity index (χ3v) is 3.65. The number of methoxy groups -OCH3 is 1. The molecule has 0 fully saturated rings. The van der Waals surface area contributed by atoms with Crippen molar-refractivity contribution in [2.75, 3.05) is 19.1 Å². The molecule has 0 amide bonds. The second-order valence-electron chi connectivity index (χ2n) is 4.18. The van der Waals surface area contributed by atoms with Gasteiger partial charge in [-0.3, -0.25) is 0 Å². The van der Waals surface area contributed by atoms with Crippen LogP contribution in [-0.2, 0) is 0 Å². The lowest BCUT2D eigenvalue weighted by molar-refractivity contribution is 0.0646. The van der Waals surface area contributed by atoms with E-state index in [1.165, 1.54) is 0 Å². The maximum absolute atomic E-state index is 10.1. The van der Waals surface area contributed by atoms with Crippen LogP contribution in [0.2, 0.25) is 0 Å². The van der Waals surface area contributed by atoms with Gasteiger partial charge in [0, 0.05) is 18.1 Å². The van der Waals surface area contributed by atoms with Crippen LogP contribution in [0.15, 0.2) is 18.2 Å². The standard InChI is InChI=1S/C13H18O3S/c1-15-9-3-4-11-12(14)7-10(5-6-17-2)16-13(11)8-9/h3-4,8,10,12,14H,5-7H2,1-2H3/t10?,12-/m0/s1. The van der Waals surface area contributed by atoms with E-state index < -0.39 is 6.10 Å². The van der Waals surface area contributed by atoms with Crippen LogP contribution < -0.4 is 9.47 Å². The van der Waals surface area contributed by atoms with E-state index >= 15 is 0 Å². The van der Waals surface area contributed by atoms with Crippen LogP contribution in [0.5, 0.6) is 11.5 Å². The zero-order chi connectivity index (χ0) is 12.3. The molecule has 1 aliphatic heterocycles. The second-order valence-corrected chi connectivity index (χ2v) is 5.16. The number of ether oxygens (including phenoxy) is 2. The summed E-state index contributed by atoms with van der Waals surface area (Å²) in [7, 11) is 1.63. The molecule has 17 heavy (non-hydrogen) atoms. The normalized spacial score (nSPS) is 22.8. The van der Waals surface area contributed by atoms with Crippen molar-refractivity contribution in [3.8, 4) is 11.5 Å². The molecule has 1 aromatic rings. The molecule has 94 valence electrons. The van der Waals surface area contributed by atoms with Crippen molar-refractivity contribution < 1.29 is 14.6 Å². The fourth-order valence-electron chi connectivity index (χ4n) is 2.05. The molecule has 0 aromatic heterocycles. The molecule has 3 nitrogen and oxygen atoms in total. The van der Waals surface area contributed by atoms with E-state index in [0.717, 1.165) is 29.2 Å². The van der Waals surface area contributed by atoms with Gasteiger partial charge in [0.1, 0.15) is 17.6 Å². The Hall–Kier alpha value is -0.870. The van der Waals surface area contributed by atoms with Gasteiger partial charge < -0.3 is 14.6 Å². The number of aliphatic hydroxyl groups is 1. The highest BCUT2D eigenvalue weighted by Crippen LogP contribution is 2.37. The minimum atomic E-state index is -0.420. The quantitative estimate of drug-likeness (QED) is 0.896. The van der Waals surface area contributed by atoms with Gasteiger partial charge in [0.15, 0.2) is 0 Å². The average Bonchev–Trinajstić information content (AvgIpc) is 2.35. The van der Waals surface area contributed by atoms with Crippen molar-refractivity contribution in [3.05, 3.63) is 23.8 Å². The molecule has 1 unspecified atom stereocenters. The van der Waals surface area contributed by atoms with E-state index in [1.807, 2.05) is 18.2 Å². The molecule has 0 saturated carbocycles. The van der Waals surface area contributed by atoms with Crippen LogP contribution in [0.3, 0.4) is 0 Å². The van der Waals surface area contributed by atoms with Gasteiger partial charge in [0.2, 0.25) is 0 Å². The van der Waals surface area contributed by atoms with Gasteiger partial charge in [-0.15, -0.1) is 0 Å². The number of hydrogen-bond acceptors (Lipinski definition) is 4. The summed E-state index contributed by atoms with van der Waals surface area (Å²) in [5.74, 6) is 2.58. The molecule has 2 rings (SSSR count). The van der Waals surface area contributed by atoms with Crippen molar-refractivity contribution in [3.63, 3.8) is 0 Å². The summed E-state index contributed by atoms with van der Waals surface area (Å²) in [6, 6.07) is 5.58. The van der Waals surface area contributed by atoms with Gasteiger partial charge in [0.05, 0.1) is 13.2 Å². The SMILES string of the molecule is COc1ccc2c(c1)OC(CCSC)C[C@@H]2O. The lowest BCUT2D eigenvalue weighted by Gasteiger charge is -2.29. The number of hydrogen-bond donors (Lipinski definition) is 1. The Bertz CT molecular complexity index is 381. The van der Waals surface area contributed by atoms with Crippen LogP contribution in [0, 0.1) is 0 Å². The van der Waals surface area contributed by atoms with Crippen molar-refractivity contribution >= 4 is 11.8 Å². The number of benzene rings is 1. The molecule has 0 aliphatic carbocycles. The molecule has 0 spiro atoms. The van der Waals surface area contributed by atoms with Crippen molar-refractivity contribution in [1.29, 1.82) is 0 Å². The van der Waals surface area contributed by atoms with Gasteiger partial charge in [-0.25, -0.2) is 0 Å². The predicted molar refractivity (Wildman–Crippen MR) is 70.0 cm³/mol. The van der Waals surface area contributed by atoms with Crippen LogP contribution >= 0.6 is 11.8 Å². The highest BCUT2D eigenvalue weighted by atomic mass is 32.2. The summed E-state index contributed by atoms with van der Waals surface area (Å²) in [5.41, 5.74) is 0.867. The molecule has 2 atom stereocenters. The Morgan fingerprint density at radius 1 is 1.53 bits per heavy atom. The maximum Gasteiger partial charge on any atom is 0.129 e. The predicted octanol–water partition coefficient (Wildman–Crippen LogP) is 2.63. The smallest absolute Gasteiger partial charge is 0.129 e. The average molecular weight is 254 g/mol. The van der Waals surface area contributed by atoms with E-state index in [1.54, 1.807) is 18.9 Å². The highest BCUT2D eigenvalue weighted by Gasteiger charge is 2.26. The number of aliphatic hydroxyl groups excluding tert-OH is 1. The molecule has 1 heterocycles. The lowest BCUT2D eigenvalue weighted by atomic mass is 9.98. The third kappa shape index (κ3) is 2.87. The van der Waals surface area contributed by atoms with E-state index in [0.29, 0.717) is 6.42 Å². The Morgan fingerprint density at radius 2 is 2.35 bits per heavy atom. The molecular formula is C13H18O3S. The second kappa shape index (κ2) is 5.65. The zero-order valence-electron chi connectivity index (χ0n) is 10.2. The van der Waals surface area contributed by atoms with E-state index in [-0.39, 0.29) is 6.10 Å². The summed E-state index contributed by atoms with van der Waals surface area (Å²) < 4.78 is 11.1. The summed E-state index contributed by atoms with van der Waals surface area (Å²) in [6.07, 6.45) is 3.42. The summed E-state index contributed by atoms with van der Waals surface area (Å²) in [6.45, 7) is 0. The summed E-state index contributed by atoms with van der Waals surface area (Å²) >= 11 is 1.80. The topological polar surface area (TPSA) is 38.7 Å². The molecule has 4 heteroatoms. The highest BCUT2D eigenvalue weighted by molar-refractivity contribution is 7.98. The summed E-state index contributed by atoms with van der Waals surface area (Å²) in [4.78, 5) is 0. The first kappa shape index (κ1) is 12.6. The monoisotopic (exact) mass is 254 g/mol. The molecule has 0 bridgehead atoms. The Balaban J connectivity index is 2.15. The van der Waals surface area contributed by atoms with E-state index in [4.69, 9.17) is 9.47 Å². The first-order valence-corrected chi connectivity index (χ1v) is 7.15. The molecule has 1 N–H and O–H groups in total. The number of thioether (sulfide) groups is 1. The van der Waals surface area contributed by atoms with Gasteiger partial charge in [-0.05, 0) is 30.6 Å². The Morgan fingerprint density at radius 3 is 3.06 bits per heavy atom. The molecule has 1 aliphatic rings. The largest absolute Gasteiger partial charge is 0.497 e. The number of fused-ring (bicyclic) bond motifs is 1. The Kier molecular flexibility index (Phi) is 4.18. The van der Waals surface area contributed by atoms with Crippen LogP contribution in [0.4, 0.5) is 0 Å². The first-order valence-electron chi connectivity index (χ1n) is 5.76. The van der Waals surface area contributed by atoms with Gasteiger partial charge in [-0.2, -0.15) is 11.8 Å². The maximum atomic E-state index is 10.1. The van der Waals surface area contributed by atoms with Crippen molar-refractivity contribution in [1.82, 2.24) is 0 Å². The molecule has 0 saturated heterocycles. The van der Waals surface area contributed by atoms with Crippen LogP contribution in [0.25, 0.3) is 0 Å². The molecular weight excluding hydrogens is 236 g/mol. The summed E-state index contributed by atoms with van der Waals surface area (Å²) in [5, 5.41) is 10.1. The van der Waals surface area contributed by atoms with Crippen molar-refractivity contribution in [2.45, 2.75) is 25.0 Å². The molecule has 1 aromatic carbocycles. The lowest BCUT2D eigenvalue weighted by Crippen LogP contribution is -2.26. The van der Waals surface area contributed by atoms with Gasteiger partial charge in [0.25, 0.3) is 0 Å². The first-order chi connectivity index (χ1) is 8.24. The van der Waals surface area contributed by atoms with Gasteiger partial charge in [-0.1, -0.05) is 0 Å². The minimum absolute atomic E-state index is 0.108. The Labute approximate surface area is 106 Å². The molecule has 0 radical (unpaired) electrons. The van der Waals surface area contributed by atoms with E-state index in [9.17, 15) is 5.11 Å². The zero-order valence-corrected chi connectivity index (χ0v) is 11.0. The van der Waals surface area contributed by atoms with Crippen LogP contribution in [-0.4, -0.2) is 30.3 Å². The fraction of sp³-hybridized carbons (Fsp3) is 0.538. The van der Waals surface area contributed by atoms with Crippen molar-refractivity contribution in [2.24, 2.45) is 0 Å². The van der Waals surface area contributed by atoms with Gasteiger partial charge >= 0.3 is 0 Å². The minimum Gasteiger partial charge on any atom is -0.497 e.